The zero-order valence-corrected chi connectivity index (χ0v) is 30.6. The van der Waals surface area contributed by atoms with Crippen molar-refractivity contribution in [3.05, 3.63) is 118 Å². The van der Waals surface area contributed by atoms with E-state index in [0.717, 1.165) is 6.42 Å². The van der Waals surface area contributed by atoms with Gasteiger partial charge >= 0.3 is 76.7 Å². The van der Waals surface area contributed by atoms with Gasteiger partial charge in [0.25, 0.3) is 0 Å². The summed E-state index contributed by atoms with van der Waals surface area (Å²) in [4.78, 5) is 0. The molecule has 2 aliphatic carbocycles. The van der Waals surface area contributed by atoms with Gasteiger partial charge in [0.2, 0.25) is 0 Å². The monoisotopic (exact) mass is 662 g/mol. The number of rotatable bonds is 2. The SMILES string of the molecule is CC(C)(C)c1[c-]c2c(cc1)-c1ccc(C(C)(C)C)cc1C2.CC1=[C-]C(C)C=C1C.CC[C](=[Zr+2])c1ccccc1.[Cl-].[Cl-]. The molecule has 0 nitrogen and oxygen atoms in total. The molecule has 1 atom stereocenters. The minimum absolute atomic E-state index is 0. The first kappa shape index (κ1) is 37.5. The molecule has 41 heavy (non-hydrogen) atoms. The third kappa shape index (κ3) is 10.3. The summed E-state index contributed by atoms with van der Waals surface area (Å²) in [6.45, 7) is 22.2. The predicted molar refractivity (Wildman–Crippen MR) is 167 cm³/mol. The van der Waals surface area contributed by atoms with E-state index in [4.69, 9.17) is 0 Å². The van der Waals surface area contributed by atoms with Crippen molar-refractivity contribution in [2.45, 2.75) is 92.9 Å². The number of fused-ring (bicyclic) bond motifs is 3. The van der Waals surface area contributed by atoms with E-state index in [1.807, 2.05) is 0 Å². The molecule has 0 fully saturated rings. The Kier molecular flexibility index (Phi) is 14.5. The van der Waals surface area contributed by atoms with Crippen molar-refractivity contribution in [3.8, 4) is 11.1 Å². The molecule has 5 rings (SSSR count). The number of benzene rings is 3. The fraction of sp³-hybridized carbons (Fsp3) is 0.395. The molecule has 0 amide bonds. The van der Waals surface area contributed by atoms with E-state index in [1.165, 1.54) is 80.7 Å². The number of halogens is 2. The molecule has 0 N–H and O–H groups in total. The summed E-state index contributed by atoms with van der Waals surface area (Å²) in [5, 5.41) is 0. The summed E-state index contributed by atoms with van der Waals surface area (Å²) in [7, 11) is 0. The van der Waals surface area contributed by atoms with E-state index in [9.17, 15) is 0 Å². The first-order valence-corrected chi connectivity index (χ1v) is 15.5. The summed E-state index contributed by atoms with van der Waals surface area (Å²) in [6, 6.07) is 25.8. The molecule has 3 aromatic carbocycles. The van der Waals surface area contributed by atoms with Crippen LogP contribution in [0.5, 0.6) is 0 Å². The molecule has 0 saturated carbocycles. The fourth-order valence-corrected chi connectivity index (χ4v) is 5.28. The Morgan fingerprint density at radius 2 is 1.46 bits per heavy atom. The molecule has 218 valence electrons. The van der Waals surface area contributed by atoms with Gasteiger partial charge in [-0.15, -0.1) is 18.1 Å². The van der Waals surface area contributed by atoms with Crippen molar-refractivity contribution in [1.82, 2.24) is 0 Å². The first-order valence-electron chi connectivity index (χ1n) is 14.3. The standard InChI is InChI=1S/C21H25.C9H10.C8H11.2ClH.Zr/c1-20(2,3)16-7-9-18-14(12-16)11-15-13-17(21(4,5)6)8-10-19(15)18;1-2-6-9-7-4-3-5-8-9;1-6-4-7(2)8(3)5-6;;;/h7-10,12H,11H2,1-6H3;3-5,7-8H,2H2,1H3;4,6H,1-3H3;2*1H;/q-1;;-1;;;+2/p-2. The van der Waals surface area contributed by atoms with Gasteiger partial charge < -0.3 is 24.8 Å². The van der Waals surface area contributed by atoms with Crippen molar-refractivity contribution in [3.63, 3.8) is 0 Å². The minimum Gasteiger partial charge on any atom is -1.00 e. The van der Waals surface area contributed by atoms with Gasteiger partial charge in [0, 0.05) is 0 Å². The molecular formula is C38H46Cl2Zr-2. The summed E-state index contributed by atoms with van der Waals surface area (Å²) in [5.41, 5.74) is 12.8. The van der Waals surface area contributed by atoms with E-state index >= 15 is 0 Å². The number of hydrogen-bond acceptors (Lipinski definition) is 0. The van der Waals surface area contributed by atoms with Crippen LogP contribution in [0.25, 0.3) is 11.1 Å². The average Bonchev–Trinajstić information content (AvgIpc) is 3.40. The van der Waals surface area contributed by atoms with E-state index < -0.39 is 0 Å². The van der Waals surface area contributed by atoms with Crippen LogP contribution in [0.15, 0.2) is 77.9 Å². The van der Waals surface area contributed by atoms with Crippen LogP contribution in [0.2, 0.25) is 0 Å². The molecule has 0 heterocycles. The Balaban J connectivity index is 0.000000352. The molecule has 1 unspecified atom stereocenters. The number of hydrogen-bond donors (Lipinski definition) is 0. The molecule has 3 heteroatoms. The molecule has 2 aliphatic rings. The molecule has 0 radical (unpaired) electrons. The van der Waals surface area contributed by atoms with Crippen LogP contribution < -0.4 is 24.8 Å². The smallest absolute Gasteiger partial charge is 1.00 e. The van der Waals surface area contributed by atoms with Crippen LogP contribution >= 0.6 is 0 Å². The molecule has 0 aromatic heterocycles. The van der Waals surface area contributed by atoms with Crippen LogP contribution in [0.4, 0.5) is 0 Å². The van der Waals surface area contributed by atoms with Crippen molar-refractivity contribution >= 4 is 3.21 Å². The maximum absolute atomic E-state index is 3.67. The predicted octanol–water partition coefficient (Wildman–Crippen LogP) is 4.16. The van der Waals surface area contributed by atoms with Gasteiger partial charge in [-0.25, -0.2) is 11.1 Å². The van der Waals surface area contributed by atoms with Crippen molar-refractivity contribution in [1.29, 1.82) is 0 Å². The fourth-order valence-electron chi connectivity index (χ4n) is 4.87. The van der Waals surface area contributed by atoms with E-state index in [2.05, 4.69) is 148 Å². The van der Waals surface area contributed by atoms with Crippen LogP contribution in [0.3, 0.4) is 0 Å². The Morgan fingerprint density at radius 3 is 1.93 bits per heavy atom. The summed E-state index contributed by atoms with van der Waals surface area (Å²) >= 11 is 1.54. The Labute approximate surface area is 278 Å². The minimum atomic E-state index is 0. The second-order valence-electron chi connectivity index (χ2n) is 12.9. The van der Waals surface area contributed by atoms with E-state index in [-0.39, 0.29) is 35.6 Å². The van der Waals surface area contributed by atoms with Gasteiger partial charge in [0.05, 0.1) is 0 Å². The van der Waals surface area contributed by atoms with E-state index in [1.54, 1.807) is 3.21 Å². The van der Waals surface area contributed by atoms with Crippen molar-refractivity contribution < 1.29 is 49.0 Å². The molecule has 0 saturated heterocycles. The third-order valence-corrected chi connectivity index (χ3v) is 9.05. The zero-order valence-electron chi connectivity index (χ0n) is 26.6. The topological polar surface area (TPSA) is 0 Å². The van der Waals surface area contributed by atoms with Crippen molar-refractivity contribution in [2.24, 2.45) is 5.92 Å². The van der Waals surface area contributed by atoms with Gasteiger partial charge in [-0.05, 0) is 28.4 Å². The van der Waals surface area contributed by atoms with Crippen LogP contribution in [-0.4, -0.2) is 3.21 Å². The summed E-state index contributed by atoms with van der Waals surface area (Å²) in [5.74, 6) is 0.551. The second-order valence-corrected chi connectivity index (χ2v) is 14.4. The molecule has 0 spiro atoms. The van der Waals surface area contributed by atoms with Gasteiger partial charge in [-0.1, -0.05) is 85.1 Å². The quantitative estimate of drug-likeness (QED) is 0.283. The average molecular weight is 665 g/mol. The van der Waals surface area contributed by atoms with Crippen LogP contribution in [-0.2, 0) is 41.5 Å². The Hall–Kier alpha value is -1.53. The van der Waals surface area contributed by atoms with Gasteiger partial charge in [-0.3, -0.25) is 6.08 Å². The maximum Gasteiger partial charge on any atom is -1.00 e. The molecule has 0 aliphatic heterocycles. The third-order valence-electron chi connectivity index (χ3n) is 7.48. The largest absolute Gasteiger partial charge is 1.00 e. The number of allylic oxidation sites excluding steroid dienone is 4. The van der Waals surface area contributed by atoms with Crippen molar-refractivity contribution in [2.75, 3.05) is 0 Å². The van der Waals surface area contributed by atoms with Gasteiger partial charge in [0.15, 0.2) is 0 Å². The Morgan fingerprint density at radius 1 is 0.854 bits per heavy atom. The normalized spacial score (nSPS) is 14.9. The van der Waals surface area contributed by atoms with Crippen LogP contribution in [0, 0.1) is 18.1 Å². The first-order chi connectivity index (χ1) is 18.2. The molecule has 3 aromatic rings. The zero-order chi connectivity index (χ0) is 29.0. The van der Waals surface area contributed by atoms with Crippen LogP contribution in [0.1, 0.15) is 103 Å². The summed E-state index contributed by atoms with van der Waals surface area (Å²) in [6.07, 6.45) is 7.73. The van der Waals surface area contributed by atoms with E-state index in [0.29, 0.717) is 5.92 Å². The summed E-state index contributed by atoms with van der Waals surface area (Å²) < 4.78 is 1.55. The molecule has 0 bridgehead atoms. The maximum atomic E-state index is 3.67. The van der Waals surface area contributed by atoms with Gasteiger partial charge in [-0.2, -0.15) is 29.8 Å². The second kappa shape index (κ2) is 15.8. The molecular weight excluding hydrogens is 619 g/mol. The van der Waals surface area contributed by atoms with Gasteiger partial charge in [0.1, 0.15) is 0 Å². The Bertz CT molecular complexity index is 1290.